The molecule has 5 rings (SSSR count). The maximum absolute atomic E-state index is 13.5. The molecule has 0 radical (unpaired) electrons. The predicted molar refractivity (Wildman–Crippen MR) is 153 cm³/mol. The first-order valence-corrected chi connectivity index (χ1v) is 15.1. The van der Waals surface area contributed by atoms with Crippen molar-refractivity contribution in [2.75, 3.05) is 25.0 Å². The van der Waals surface area contributed by atoms with Crippen LogP contribution in [0.25, 0.3) is 10.8 Å². The summed E-state index contributed by atoms with van der Waals surface area (Å²) in [6.45, 7) is 4.81. The van der Waals surface area contributed by atoms with E-state index >= 15 is 0 Å². The Morgan fingerprint density at radius 2 is 1.52 bits per heavy atom. The molecule has 2 aliphatic heterocycles. The van der Waals surface area contributed by atoms with Crippen molar-refractivity contribution in [2.45, 2.75) is 56.5 Å². The zero-order valence-electron chi connectivity index (χ0n) is 22.7. The molecule has 10 heteroatoms. The fourth-order valence-corrected chi connectivity index (χ4v) is 7.26. The summed E-state index contributed by atoms with van der Waals surface area (Å²) < 4.78 is 29.9. The average Bonchev–Trinajstić information content (AvgIpc) is 3.44. The summed E-state index contributed by atoms with van der Waals surface area (Å²) in [5.74, 6) is -0.405. The smallest absolute Gasteiger partial charge is 0.255 e. The number of hydrogen-bond acceptors (Lipinski definition) is 5. The quantitative estimate of drug-likeness (QED) is 0.476. The van der Waals surface area contributed by atoms with Gasteiger partial charge in [-0.2, -0.15) is 0 Å². The number of nitrogens with one attached hydrogen (secondary N) is 2. The third-order valence-electron chi connectivity index (χ3n) is 7.88. The highest BCUT2D eigenvalue weighted by Gasteiger charge is 2.37. The minimum Gasteiger partial charge on any atom is -0.341 e. The second kappa shape index (κ2) is 11.4. The fourth-order valence-electron chi connectivity index (χ4n) is 5.74. The molecule has 0 spiro atoms. The molecule has 3 amide bonds. The van der Waals surface area contributed by atoms with Gasteiger partial charge in [-0.05, 0) is 56.4 Å². The fraction of sp³-hybridized carbons (Fsp3) is 0.367. The molecule has 2 aliphatic rings. The van der Waals surface area contributed by atoms with Crippen molar-refractivity contribution < 1.29 is 22.8 Å². The minimum atomic E-state index is -3.88. The summed E-state index contributed by atoms with van der Waals surface area (Å²) in [5.41, 5.74) is 1.93. The lowest BCUT2D eigenvalue weighted by Crippen LogP contribution is -2.52. The Labute approximate surface area is 234 Å². The van der Waals surface area contributed by atoms with E-state index in [9.17, 15) is 22.8 Å². The van der Waals surface area contributed by atoms with Crippen LogP contribution in [0.15, 0.2) is 65.6 Å². The number of rotatable bonds is 6. The van der Waals surface area contributed by atoms with Crippen LogP contribution >= 0.6 is 0 Å². The molecule has 2 fully saturated rings. The van der Waals surface area contributed by atoms with Gasteiger partial charge in [-0.1, -0.05) is 42.5 Å². The van der Waals surface area contributed by atoms with Crippen LogP contribution in [-0.4, -0.2) is 67.7 Å². The van der Waals surface area contributed by atoms with Crippen LogP contribution in [0.4, 0.5) is 5.69 Å². The van der Waals surface area contributed by atoms with E-state index in [0.29, 0.717) is 60.9 Å². The third kappa shape index (κ3) is 5.59. The number of likely N-dealkylation sites (tertiary alicyclic amines) is 2. The Hall–Kier alpha value is -3.76. The number of nitrogens with zero attached hydrogens (tertiary/aromatic N) is 2. The molecule has 0 saturated carbocycles. The van der Waals surface area contributed by atoms with Gasteiger partial charge in [0.1, 0.15) is 6.04 Å². The van der Waals surface area contributed by atoms with E-state index < -0.39 is 16.1 Å². The molecule has 0 unspecified atom stereocenters. The number of amides is 3. The van der Waals surface area contributed by atoms with Crippen LogP contribution in [-0.2, 0) is 19.6 Å². The lowest BCUT2D eigenvalue weighted by atomic mass is 10.0. The first kappa shape index (κ1) is 27.8. The maximum Gasteiger partial charge on any atom is 0.255 e. The summed E-state index contributed by atoms with van der Waals surface area (Å²) in [4.78, 5) is 41.4. The van der Waals surface area contributed by atoms with Crippen molar-refractivity contribution in [3.05, 3.63) is 71.8 Å². The normalized spacial score (nSPS) is 18.2. The van der Waals surface area contributed by atoms with Crippen LogP contribution in [0.1, 0.15) is 48.5 Å². The van der Waals surface area contributed by atoms with Crippen molar-refractivity contribution >= 4 is 44.2 Å². The van der Waals surface area contributed by atoms with E-state index in [2.05, 4.69) is 10.0 Å². The predicted octanol–water partition coefficient (Wildman–Crippen LogP) is 3.68. The third-order valence-corrected chi connectivity index (χ3v) is 9.46. The van der Waals surface area contributed by atoms with Crippen LogP contribution in [0.2, 0.25) is 0 Å². The molecular weight excluding hydrogens is 528 g/mol. The molecular formula is C30H34N4O5S. The van der Waals surface area contributed by atoms with E-state index in [-0.39, 0.29) is 28.7 Å². The van der Waals surface area contributed by atoms with Crippen LogP contribution in [0, 0.1) is 6.92 Å². The molecule has 210 valence electrons. The summed E-state index contributed by atoms with van der Waals surface area (Å²) in [5, 5.41) is 4.07. The highest BCUT2D eigenvalue weighted by Crippen LogP contribution is 2.31. The van der Waals surface area contributed by atoms with E-state index in [1.807, 2.05) is 19.1 Å². The van der Waals surface area contributed by atoms with Gasteiger partial charge >= 0.3 is 0 Å². The average molecular weight is 563 g/mol. The summed E-state index contributed by atoms with van der Waals surface area (Å²) in [6, 6.07) is 16.8. The second-order valence-electron chi connectivity index (χ2n) is 10.5. The number of piperidine rings is 1. The lowest BCUT2D eigenvalue weighted by molar-refractivity contribution is -0.143. The van der Waals surface area contributed by atoms with E-state index in [1.165, 1.54) is 13.0 Å². The number of carbonyl (C=O) groups excluding carboxylic acids is 3. The van der Waals surface area contributed by atoms with Crippen molar-refractivity contribution in [1.82, 2.24) is 14.5 Å². The van der Waals surface area contributed by atoms with E-state index in [4.69, 9.17) is 0 Å². The molecule has 2 saturated heterocycles. The van der Waals surface area contributed by atoms with Gasteiger partial charge in [0.2, 0.25) is 21.8 Å². The van der Waals surface area contributed by atoms with Crippen molar-refractivity contribution in [3.8, 4) is 0 Å². The highest BCUT2D eigenvalue weighted by molar-refractivity contribution is 7.89. The Bertz CT molecular complexity index is 1560. The van der Waals surface area contributed by atoms with Gasteiger partial charge in [0.15, 0.2) is 0 Å². The molecule has 9 nitrogen and oxygen atoms in total. The molecule has 2 heterocycles. The Balaban J connectivity index is 1.29. The number of fused-ring (bicyclic) bond motifs is 1. The number of carbonyl (C=O) groups is 3. The lowest BCUT2D eigenvalue weighted by Gasteiger charge is -2.35. The zero-order chi connectivity index (χ0) is 28.4. The topological polar surface area (TPSA) is 116 Å². The monoisotopic (exact) mass is 562 g/mol. The maximum atomic E-state index is 13.5. The minimum absolute atomic E-state index is 0.0525. The van der Waals surface area contributed by atoms with Gasteiger partial charge in [-0.25, -0.2) is 13.1 Å². The van der Waals surface area contributed by atoms with E-state index in [1.54, 1.807) is 52.3 Å². The molecule has 0 aromatic heterocycles. The molecule has 0 aliphatic carbocycles. The Morgan fingerprint density at radius 3 is 2.23 bits per heavy atom. The van der Waals surface area contributed by atoms with Crippen LogP contribution < -0.4 is 10.0 Å². The van der Waals surface area contributed by atoms with Crippen molar-refractivity contribution in [1.29, 1.82) is 0 Å². The molecule has 3 aromatic rings. The van der Waals surface area contributed by atoms with Crippen molar-refractivity contribution in [2.24, 2.45) is 0 Å². The van der Waals surface area contributed by atoms with Gasteiger partial charge in [-0.3, -0.25) is 14.4 Å². The first-order valence-electron chi connectivity index (χ1n) is 13.6. The molecule has 2 N–H and O–H groups in total. The number of anilines is 1. The van der Waals surface area contributed by atoms with Gasteiger partial charge in [0.25, 0.3) is 5.91 Å². The highest BCUT2D eigenvalue weighted by atomic mass is 32.2. The summed E-state index contributed by atoms with van der Waals surface area (Å²) >= 11 is 0. The second-order valence-corrected chi connectivity index (χ2v) is 12.2. The van der Waals surface area contributed by atoms with Gasteiger partial charge in [-0.15, -0.1) is 0 Å². The van der Waals surface area contributed by atoms with Gasteiger partial charge < -0.3 is 15.1 Å². The van der Waals surface area contributed by atoms with Crippen molar-refractivity contribution in [3.63, 3.8) is 0 Å². The molecule has 3 aromatic carbocycles. The number of hydrogen-bond donors (Lipinski definition) is 2. The molecule has 1 atom stereocenters. The summed E-state index contributed by atoms with van der Waals surface area (Å²) in [7, 11) is -3.88. The standard InChI is InChI=1S/C30H34N4O5S/c1-20-8-3-4-9-23(20)29(36)31-26-13-14-28(25-11-6-5-10-24(25)26)40(38,39)32-22-15-18-33(19-16-22)30(37)27-12-7-17-34(27)21(2)35/h3-6,8-11,13-14,22,27,32H,7,12,15-19H2,1-2H3,(H,31,36)/t27-/m0/s1. The van der Waals surface area contributed by atoms with Gasteiger partial charge in [0.05, 0.1) is 4.90 Å². The number of aryl methyl sites for hydroxylation is 1. The zero-order valence-corrected chi connectivity index (χ0v) is 23.5. The van der Waals surface area contributed by atoms with Gasteiger partial charge in [0, 0.05) is 54.6 Å². The summed E-state index contributed by atoms with van der Waals surface area (Å²) in [6.07, 6.45) is 2.45. The van der Waals surface area contributed by atoms with E-state index in [0.717, 1.165) is 12.0 Å². The Kier molecular flexibility index (Phi) is 7.91. The number of sulfonamides is 1. The first-order chi connectivity index (χ1) is 19.2. The number of benzene rings is 3. The largest absolute Gasteiger partial charge is 0.341 e. The SMILES string of the molecule is CC(=O)N1CCC[C@H]1C(=O)N1CCC(NS(=O)(=O)c2ccc(NC(=O)c3ccccc3C)c3ccccc23)CC1. The van der Waals surface area contributed by atoms with Crippen LogP contribution in [0.3, 0.4) is 0 Å². The molecule has 40 heavy (non-hydrogen) atoms. The van der Waals surface area contributed by atoms with Crippen LogP contribution in [0.5, 0.6) is 0 Å². The Morgan fingerprint density at radius 1 is 0.850 bits per heavy atom. The molecule has 0 bridgehead atoms.